The molecule has 0 amide bonds. The molecule has 0 spiro atoms. The van der Waals surface area contributed by atoms with Crippen molar-refractivity contribution in [3.63, 3.8) is 0 Å². The summed E-state index contributed by atoms with van der Waals surface area (Å²) < 4.78 is 2.01. The van der Waals surface area contributed by atoms with Crippen LogP contribution in [0, 0.1) is 0 Å². The van der Waals surface area contributed by atoms with E-state index >= 15 is 0 Å². The van der Waals surface area contributed by atoms with Gasteiger partial charge in [-0.2, -0.15) is 11.8 Å². The van der Waals surface area contributed by atoms with Gasteiger partial charge in [0.15, 0.2) is 5.65 Å². The molecule has 0 aliphatic carbocycles. The van der Waals surface area contributed by atoms with Crippen molar-refractivity contribution in [1.82, 2.24) is 19.4 Å². The highest BCUT2D eigenvalue weighted by Crippen LogP contribution is 2.15. The van der Waals surface area contributed by atoms with E-state index in [0.717, 1.165) is 24.3 Å². The Hall–Kier alpha value is -1.27. The first-order chi connectivity index (χ1) is 8.84. The predicted molar refractivity (Wildman–Crippen MR) is 75.7 cm³/mol. The summed E-state index contributed by atoms with van der Waals surface area (Å²) in [7, 11) is 0. The van der Waals surface area contributed by atoms with Crippen molar-refractivity contribution in [2.24, 2.45) is 0 Å². The van der Waals surface area contributed by atoms with E-state index in [2.05, 4.69) is 14.9 Å². The molecule has 96 valence electrons. The highest BCUT2D eigenvalue weighted by Gasteiger charge is 2.13. The van der Waals surface area contributed by atoms with Gasteiger partial charge in [-0.15, -0.1) is 0 Å². The highest BCUT2D eigenvalue weighted by molar-refractivity contribution is 7.99. The molecule has 6 heteroatoms. The number of hydrogen-bond donors (Lipinski definition) is 1. The number of anilines is 1. The fourth-order valence-electron chi connectivity index (χ4n) is 2.26. The van der Waals surface area contributed by atoms with Crippen molar-refractivity contribution in [3.8, 4) is 0 Å². The Balaban J connectivity index is 1.75. The smallest absolute Gasteiger partial charge is 0.202 e. The third kappa shape index (κ3) is 2.30. The molecule has 0 bridgehead atoms. The van der Waals surface area contributed by atoms with Gasteiger partial charge < -0.3 is 5.73 Å². The van der Waals surface area contributed by atoms with E-state index in [1.54, 1.807) is 6.20 Å². The molecule has 1 fully saturated rings. The summed E-state index contributed by atoms with van der Waals surface area (Å²) in [5.74, 6) is 3.03. The number of hydrogen-bond acceptors (Lipinski definition) is 5. The molecular weight excluding hydrogens is 246 g/mol. The van der Waals surface area contributed by atoms with Gasteiger partial charge in [-0.05, 0) is 12.1 Å². The van der Waals surface area contributed by atoms with Crippen LogP contribution in [0.5, 0.6) is 0 Å². The van der Waals surface area contributed by atoms with Crippen molar-refractivity contribution >= 4 is 28.9 Å². The zero-order valence-corrected chi connectivity index (χ0v) is 11.1. The Bertz CT molecular complexity index is 532. The SMILES string of the molecule is Nc1nc2cccnc2n1CCN1CCSCC1. The van der Waals surface area contributed by atoms with E-state index in [-0.39, 0.29) is 0 Å². The molecule has 2 N–H and O–H groups in total. The second-order valence-electron chi connectivity index (χ2n) is 4.42. The summed E-state index contributed by atoms with van der Waals surface area (Å²) in [5.41, 5.74) is 7.73. The number of thioether (sulfide) groups is 1. The van der Waals surface area contributed by atoms with Crippen LogP contribution in [0.25, 0.3) is 11.2 Å². The van der Waals surface area contributed by atoms with Gasteiger partial charge in [0.1, 0.15) is 5.52 Å². The molecule has 1 saturated heterocycles. The summed E-state index contributed by atoms with van der Waals surface area (Å²) >= 11 is 2.03. The molecule has 0 atom stereocenters. The topological polar surface area (TPSA) is 60.0 Å². The van der Waals surface area contributed by atoms with Crippen LogP contribution in [-0.4, -0.2) is 50.6 Å². The van der Waals surface area contributed by atoms with Crippen LogP contribution in [0.15, 0.2) is 18.3 Å². The predicted octanol–water partition coefficient (Wildman–Crippen LogP) is 1.06. The largest absolute Gasteiger partial charge is 0.369 e. The number of imidazole rings is 1. The molecule has 1 aliphatic rings. The van der Waals surface area contributed by atoms with Gasteiger partial charge >= 0.3 is 0 Å². The van der Waals surface area contributed by atoms with Crippen LogP contribution < -0.4 is 5.73 Å². The van der Waals surface area contributed by atoms with Gasteiger partial charge in [-0.1, -0.05) is 0 Å². The normalized spacial score (nSPS) is 17.3. The van der Waals surface area contributed by atoms with Gasteiger partial charge in [0.05, 0.1) is 0 Å². The number of pyridine rings is 1. The van der Waals surface area contributed by atoms with Crippen molar-refractivity contribution in [1.29, 1.82) is 0 Å². The number of nitrogen functional groups attached to an aromatic ring is 1. The fraction of sp³-hybridized carbons (Fsp3) is 0.500. The number of aromatic nitrogens is 3. The lowest BCUT2D eigenvalue weighted by atomic mass is 10.4. The molecule has 0 aromatic carbocycles. The fourth-order valence-corrected chi connectivity index (χ4v) is 3.24. The molecule has 2 aromatic rings. The van der Waals surface area contributed by atoms with Gasteiger partial charge in [0, 0.05) is 43.9 Å². The minimum Gasteiger partial charge on any atom is -0.369 e. The maximum atomic E-state index is 5.96. The number of fused-ring (bicyclic) bond motifs is 1. The summed E-state index contributed by atoms with van der Waals surface area (Å²) in [5, 5.41) is 0. The average Bonchev–Trinajstić information content (AvgIpc) is 2.73. The standard InChI is InChI=1S/C12H17N5S/c13-12-15-10-2-1-3-14-11(10)17(12)5-4-16-6-8-18-9-7-16/h1-3H,4-9H2,(H2,13,15). The van der Waals surface area contributed by atoms with Gasteiger partial charge in [-0.3, -0.25) is 9.47 Å². The summed E-state index contributed by atoms with van der Waals surface area (Å²) in [6.45, 7) is 4.23. The van der Waals surface area contributed by atoms with Gasteiger partial charge in [0.2, 0.25) is 5.95 Å². The van der Waals surface area contributed by atoms with E-state index in [1.807, 2.05) is 28.5 Å². The third-order valence-corrected chi connectivity index (χ3v) is 4.22. The molecule has 0 unspecified atom stereocenters. The van der Waals surface area contributed by atoms with Crippen LogP contribution in [0.1, 0.15) is 0 Å². The second-order valence-corrected chi connectivity index (χ2v) is 5.65. The Morgan fingerprint density at radius 3 is 2.94 bits per heavy atom. The zero-order valence-electron chi connectivity index (χ0n) is 10.2. The van der Waals surface area contributed by atoms with E-state index in [0.29, 0.717) is 5.95 Å². The Labute approximate surface area is 110 Å². The molecule has 0 radical (unpaired) electrons. The Kier molecular flexibility index (Phi) is 3.38. The monoisotopic (exact) mass is 263 g/mol. The molecule has 0 saturated carbocycles. The van der Waals surface area contributed by atoms with Gasteiger partial charge in [-0.25, -0.2) is 9.97 Å². The van der Waals surface area contributed by atoms with Crippen molar-refractivity contribution in [3.05, 3.63) is 18.3 Å². The zero-order chi connectivity index (χ0) is 12.4. The van der Waals surface area contributed by atoms with E-state index < -0.39 is 0 Å². The maximum Gasteiger partial charge on any atom is 0.202 e. The molecule has 2 aromatic heterocycles. The van der Waals surface area contributed by atoms with E-state index in [4.69, 9.17) is 5.73 Å². The van der Waals surface area contributed by atoms with Crippen molar-refractivity contribution < 1.29 is 0 Å². The van der Waals surface area contributed by atoms with Crippen LogP contribution in [0.2, 0.25) is 0 Å². The van der Waals surface area contributed by atoms with Crippen molar-refractivity contribution in [2.45, 2.75) is 6.54 Å². The quantitative estimate of drug-likeness (QED) is 0.897. The minimum atomic E-state index is 0.565. The summed E-state index contributed by atoms with van der Waals surface area (Å²) in [6.07, 6.45) is 1.79. The molecule has 3 rings (SSSR count). The number of nitrogens with two attached hydrogens (primary N) is 1. The number of nitrogens with zero attached hydrogens (tertiary/aromatic N) is 4. The summed E-state index contributed by atoms with van der Waals surface area (Å²) in [6, 6.07) is 3.84. The van der Waals surface area contributed by atoms with Crippen LogP contribution in [-0.2, 0) is 6.54 Å². The van der Waals surface area contributed by atoms with Gasteiger partial charge in [0.25, 0.3) is 0 Å². The third-order valence-electron chi connectivity index (χ3n) is 3.28. The lowest BCUT2D eigenvalue weighted by molar-refractivity contribution is 0.291. The summed E-state index contributed by atoms with van der Waals surface area (Å²) in [4.78, 5) is 11.2. The highest BCUT2D eigenvalue weighted by atomic mass is 32.2. The maximum absolute atomic E-state index is 5.96. The van der Waals surface area contributed by atoms with Crippen LogP contribution >= 0.6 is 11.8 Å². The lowest BCUT2D eigenvalue weighted by Crippen LogP contribution is -2.35. The Morgan fingerprint density at radius 1 is 1.28 bits per heavy atom. The van der Waals surface area contributed by atoms with E-state index in [1.165, 1.54) is 24.6 Å². The molecular formula is C12H17N5S. The molecule has 18 heavy (non-hydrogen) atoms. The molecule has 5 nitrogen and oxygen atoms in total. The first kappa shape index (κ1) is 11.8. The second kappa shape index (κ2) is 5.16. The van der Waals surface area contributed by atoms with Crippen LogP contribution in [0.3, 0.4) is 0 Å². The van der Waals surface area contributed by atoms with Crippen LogP contribution in [0.4, 0.5) is 5.95 Å². The molecule has 1 aliphatic heterocycles. The first-order valence-corrected chi connectivity index (χ1v) is 7.37. The number of rotatable bonds is 3. The van der Waals surface area contributed by atoms with E-state index in [9.17, 15) is 0 Å². The van der Waals surface area contributed by atoms with Crippen molar-refractivity contribution in [2.75, 3.05) is 36.9 Å². The lowest BCUT2D eigenvalue weighted by Gasteiger charge is -2.26. The Morgan fingerprint density at radius 2 is 2.11 bits per heavy atom. The minimum absolute atomic E-state index is 0.565. The molecule has 3 heterocycles. The average molecular weight is 263 g/mol. The first-order valence-electron chi connectivity index (χ1n) is 6.21.